The summed E-state index contributed by atoms with van der Waals surface area (Å²) in [5.74, 6) is -0.336. The van der Waals surface area contributed by atoms with Crippen molar-refractivity contribution in [1.82, 2.24) is 4.57 Å². The fourth-order valence-corrected chi connectivity index (χ4v) is 3.49. The molecule has 0 radical (unpaired) electrons. The average molecular weight is 367 g/mol. The molecule has 6 heteroatoms. The predicted octanol–water partition coefficient (Wildman–Crippen LogP) is 3.58. The van der Waals surface area contributed by atoms with Gasteiger partial charge in [-0.25, -0.2) is 0 Å². The van der Waals surface area contributed by atoms with Gasteiger partial charge >= 0.3 is 0 Å². The van der Waals surface area contributed by atoms with Gasteiger partial charge in [0.2, 0.25) is 0 Å². The van der Waals surface area contributed by atoms with E-state index in [0.717, 1.165) is 21.5 Å². The Bertz CT molecular complexity index is 1030. The molecule has 0 fully saturated rings. The Morgan fingerprint density at radius 2 is 1.85 bits per heavy atom. The molecule has 0 spiro atoms. The van der Waals surface area contributed by atoms with Crippen LogP contribution in [0.25, 0.3) is 10.9 Å². The fourth-order valence-electron chi connectivity index (χ4n) is 3.05. The molecule has 2 aromatic carbocycles. The van der Waals surface area contributed by atoms with Crippen molar-refractivity contribution in [2.24, 2.45) is 7.05 Å². The zero-order valence-electron chi connectivity index (χ0n) is 15.2. The Morgan fingerprint density at radius 3 is 2.46 bits per heavy atom. The van der Waals surface area contributed by atoms with Gasteiger partial charge in [0.15, 0.2) is 0 Å². The highest BCUT2D eigenvalue weighted by Crippen LogP contribution is 2.29. The van der Waals surface area contributed by atoms with E-state index in [-0.39, 0.29) is 17.0 Å². The van der Waals surface area contributed by atoms with Gasteiger partial charge in [-0.05, 0) is 36.6 Å². The Kier molecular flexibility index (Phi) is 5.04. The Hall–Kier alpha value is -2.73. The minimum Gasteiger partial charge on any atom is -0.387 e. The smallest absolute Gasteiger partial charge is 0.265 e. The number of pyridine rings is 1. The van der Waals surface area contributed by atoms with E-state index in [1.54, 1.807) is 32.9 Å². The van der Waals surface area contributed by atoms with Gasteiger partial charge in [-0.3, -0.25) is 9.59 Å². The number of aromatic nitrogens is 1. The molecule has 3 rings (SSSR count). The van der Waals surface area contributed by atoms with Crippen molar-refractivity contribution >= 4 is 39.9 Å². The van der Waals surface area contributed by atoms with Crippen molar-refractivity contribution in [3.63, 3.8) is 0 Å². The molecule has 0 aliphatic heterocycles. The number of aryl methyl sites for hydroxylation is 1. The number of thioether (sulfide) groups is 1. The van der Waals surface area contributed by atoms with E-state index in [1.807, 2.05) is 54.8 Å². The first kappa shape index (κ1) is 18.1. The highest BCUT2D eigenvalue weighted by atomic mass is 32.2. The van der Waals surface area contributed by atoms with Crippen molar-refractivity contribution in [2.45, 2.75) is 4.90 Å². The normalized spacial score (nSPS) is 10.8. The molecule has 1 N–H and O–H groups in total. The van der Waals surface area contributed by atoms with E-state index in [1.165, 1.54) is 9.47 Å². The second-order valence-electron chi connectivity index (χ2n) is 5.95. The topological polar surface area (TPSA) is 54.3 Å². The molecule has 0 saturated heterocycles. The maximum atomic E-state index is 13.2. The molecule has 1 amide bonds. The number of amides is 1. The molecule has 0 bridgehead atoms. The van der Waals surface area contributed by atoms with E-state index in [0.29, 0.717) is 5.69 Å². The van der Waals surface area contributed by atoms with Crippen molar-refractivity contribution < 1.29 is 4.79 Å². The molecule has 0 aliphatic rings. The Labute approximate surface area is 156 Å². The summed E-state index contributed by atoms with van der Waals surface area (Å²) in [6.07, 6.45) is 2.00. The van der Waals surface area contributed by atoms with Gasteiger partial charge in [-0.2, -0.15) is 0 Å². The first-order valence-electron chi connectivity index (χ1n) is 8.21. The zero-order chi connectivity index (χ0) is 18.8. The summed E-state index contributed by atoms with van der Waals surface area (Å²) in [7, 11) is 5.11. The monoisotopic (exact) mass is 367 g/mol. The van der Waals surface area contributed by atoms with Gasteiger partial charge in [-0.15, -0.1) is 11.8 Å². The summed E-state index contributed by atoms with van der Waals surface area (Å²) in [5.41, 5.74) is 1.92. The summed E-state index contributed by atoms with van der Waals surface area (Å²) in [5, 5.41) is 3.93. The largest absolute Gasteiger partial charge is 0.387 e. The van der Waals surface area contributed by atoms with E-state index in [4.69, 9.17) is 0 Å². The number of hydrogen-bond donors (Lipinski definition) is 1. The number of carbonyl (C=O) groups is 1. The average Bonchev–Trinajstić information content (AvgIpc) is 2.69. The number of nitrogens with zero attached hydrogens (tertiary/aromatic N) is 2. The fraction of sp³-hybridized carbons (Fsp3) is 0.200. The van der Waals surface area contributed by atoms with Crippen LogP contribution >= 0.6 is 11.8 Å². The standard InChI is InChI=1S/C20H21N3O2S/c1-21-18-15-12-14(26-4)10-11-16(15)23(3)20(25)17(18)19(24)22(2)13-8-6-5-7-9-13/h5-12,21H,1-4H3. The molecule has 5 nitrogen and oxygen atoms in total. The lowest BCUT2D eigenvalue weighted by atomic mass is 10.1. The number of nitrogens with one attached hydrogen (secondary N) is 1. The van der Waals surface area contributed by atoms with Crippen LogP contribution in [-0.4, -0.2) is 30.8 Å². The van der Waals surface area contributed by atoms with E-state index < -0.39 is 0 Å². The third-order valence-corrected chi connectivity index (χ3v) is 5.24. The zero-order valence-corrected chi connectivity index (χ0v) is 16.1. The lowest BCUT2D eigenvalue weighted by molar-refractivity contribution is 0.0992. The number of benzene rings is 2. The summed E-state index contributed by atoms with van der Waals surface area (Å²) in [6.45, 7) is 0. The number of rotatable bonds is 4. The maximum absolute atomic E-state index is 13.2. The molecule has 0 saturated carbocycles. The van der Waals surface area contributed by atoms with Crippen LogP contribution in [0.2, 0.25) is 0 Å². The van der Waals surface area contributed by atoms with Crippen molar-refractivity contribution in [1.29, 1.82) is 0 Å². The molecule has 0 atom stereocenters. The Morgan fingerprint density at radius 1 is 1.15 bits per heavy atom. The molecule has 0 aliphatic carbocycles. The first-order chi connectivity index (χ1) is 12.5. The van der Waals surface area contributed by atoms with Crippen molar-refractivity contribution in [2.75, 3.05) is 30.6 Å². The molecule has 3 aromatic rings. The summed E-state index contributed by atoms with van der Waals surface area (Å²) in [6, 6.07) is 15.2. The molecule has 0 unspecified atom stereocenters. The lowest BCUT2D eigenvalue weighted by Gasteiger charge is -2.21. The molecule has 26 heavy (non-hydrogen) atoms. The quantitative estimate of drug-likeness (QED) is 0.716. The summed E-state index contributed by atoms with van der Waals surface area (Å²) < 4.78 is 1.53. The summed E-state index contributed by atoms with van der Waals surface area (Å²) >= 11 is 1.62. The second-order valence-corrected chi connectivity index (χ2v) is 6.83. The predicted molar refractivity (Wildman–Crippen MR) is 110 cm³/mol. The van der Waals surface area contributed by atoms with Crippen LogP contribution in [0.15, 0.2) is 58.2 Å². The lowest BCUT2D eigenvalue weighted by Crippen LogP contribution is -2.35. The van der Waals surface area contributed by atoms with Crippen LogP contribution in [0.5, 0.6) is 0 Å². The minimum atomic E-state index is -0.336. The van der Waals surface area contributed by atoms with Gasteiger partial charge in [0.05, 0.1) is 11.2 Å². The third-order valence-electron chi connectivity index (χ3n) is 4.51. The summed E-state index contributed by atoms with van der Waals surface area (Å²) in [4.78, 5) is 28.7. The van der Waals surface area contributed by atoms with Gasteiger partial charge < -0.3 is 14.8 Å². The third kappa shape index (κ3) is 2.97. The second kappa shape index (κ2) is 7.25. The van der Waals surface area contributed by atoms with Crippen LogP contribution in [0, 0.1) is 0 Å². The van der Waals surface area contributed by atoms with Gasteiger partial charge in [0, 0.05) is 37.1 Å². The number of anilines is 2. The van der Waals surface area contributed by atoms with E-state index in [9.17, 15) is 9.59 Å². The highest BCUT2D eigenvalue weighted by molar-refractivity contribution is 7.98. The van der Waals surface area contributed by atoms with Crippen molar-refractivity contribution in [3.05, 3.63) is 64.4 Å². The van der Waals surface area contributed by atoms with Crippen LogP contribution in [0.1, 0.15) is 10.4 Å². The molecule has 1 heterocycles. The molecular weight excluding hydrogens is 346 g/mol. The van der Waals surface area contributed by atoms with Crippen LogP contribution in [0.3, 0.4) is 0 Å². The SMILES string of the molecule is CNc1c(C(=O)N(C)c2ccccc2)c(=O)n(C)c2ccc(SC)cc12. The number of para-hydroxylation sites is 1. The van der Waals surface area contributed by atoms with E-state index in [2.05, 4.69) is 5.32 Å². The minimum absolute atomic E-state index is 0.145. The molecule has 134 valence electrons. The first-order valence-corrected chi connectivity index (χ1v) is 9.43. The van der Waals surface area contributed by atoms with Crippen molar-refractivity contribution in [3.8, 4) is 0 Å². The van der Waals surface area contributed by atoms with Crippen LogP contribution in [-0.2, 0) is 7.05 Å². The number of hydrogen-bond acceptors (Lipinski definition) is 4. The van der Waals surface area contributed by atoms with E-state index >= 15 is 0 Å². The Balaban J connectivity index is 2.26. The van der Waals surface area contributed by atoms with Gasteiger partial charge in [0.25, 0.3) is 11.5 Å². The number of fused-ring (bicyclic) bond motifs is 1. The number of carbonyl (C=O) groups excluding carboxylic acids is 1. The maximum Gasteiger partial charge on any atom is 0.265 e. The van der Waals surface area contributed by atoms with Gasteiger partial charge in [-0.1, -0.05) is 18.2 Å². The molecular formula is C20H21N3O2S. The van der Waals surface area contributed by atoms with Crippen LogP contribution in [0.4, 0.5) is 11.4 Å². The van der Waals surface area contributed by atoms with Crippen LogP contribution < -0.4 is 15.8 Å². The highest BCUT2D eigenvalue weighted by Gasteiger charge is 2.24. The van der Waals surface area contributed by atoms with Gasteiger partial charge in [0.1, 0.15) is 5.56 Å². The molecule has 1 aromatic heterocycles.